The summed E-state index contributed by atoms with van der Waals surface area (Å²) in [4.78, 5) is 12.6. The van der Waals surface area contributed by atoms with E-state index in [1.165, 1.54) is 10.6 Å². The quantitative estimate of drug-likeness (QED) is 0.690. The SMILES string of the molecule is C=C(C)c1cn(-c2ccccc2F)c(=O)c2ccccc12. The summed E-state index contributed by atoms with van der Waals surface area (Å²) < 4.78 is 15.4. The molecule has 0 aliphatic heterocycles. The van der Waals surface area contributed by atoms with Crippen molar-refractivity contribution in [1.82, 2.24) is 4.57 Å². The molecule has 3 rings (SSSR count). The number of aromatic nitrogens is 1. The first-order chi connectivity index (χ1) is 10.1. The molecule has 0 radical (unpaired) electrons. The van der Waals surface area contributed by atoms with Crippen molar-refractivity contribution in [3.63, 3.8) is 0 Å². The van der Waals surface area contributed by atoms with Crippen molar-refractivity contribution in [2.45, 2.75) is 6.92 Å². The molecular weight excluding hydrogens is 265 g/mol. The van der Waals surface area contributed by atoms with Gasteiger partial charge in [0.25, 0.3) is 5.56 Å². The van der Waals surface area contributed by atoms with Gasteiger partial charge in [-0.3, -0.25) is 9.36 Å². The molecule has 2 nitrogen and oxygen atoms in total. The highest BCUT2D eigenvalue weighted by Crippen LogP contribution is 2.23. The van der Waals surface area contributed by atoms with Gasteiger partial charge in [-0.25, -0.2) is 4.39 Å². The van der Waals surface area contributed by atoms with E-state index >= 15 is 0 Å². The zero-order chi connectivity index (χ0) is 15.0. The lowest BCUT2D eigenvalue weighted by molar-refractivity contribution is 0.616. The minimum absolute atomic E-state index is 0.235. The summed E-state index contributed by atoms with van der Waals surface area (Å²) in [5, 5.41) is 1.39. The Morgan fingerprint density at radius 1 is 1.05 bits per heavy atom. The van der Waals surface area contributed by atoms with E-state index < -0.39 is 5.82 Å². The summed E-state index contributed by atoms with van der Waals surface area (Å²) >= 11 is 0. The zero-order valence-corrected chi connectivity index (χ0v) is 11.6. The molecule has 0 spiro atoms. The van der Waals surface area contributed by atoms with Crippen LogP contribution in [0.15, 0.2) is 66.1 Å². The van der Waals surface area contributed by atoms with Crippen molar-refractivity contribution in [3.05, 3.63) is 83.0 Å². The molecule has 0 atom stereocenters. The van der Waals surface area contributed by atoms with Crippen LogP contribution in [0.3, 0.4) is 0 Å². The van der Waals surface area contributed by atoms with E-state index in [2.05, 4.69) is 6.58 Å². The Labute approximate surface area is 121 Å². The number of allylic oxidation sites excluding steroid dienone is 1. The van der Waals surface area contributed by atoms with Gasteiger partial charge >= 0.3 is 0 Å². The van der Waals surface area contributed by atoms with E-state index in [1.807, 2.05) is 19.1 Å². The highest BCUT2D eigenvalue weighted by atomic mass is 19.1. The van der Waals surface area contributed by atoms with Crippen molar-refractivity contribution < 1.29 is 4.39 Å². The van der Waals surface area contributed by atoms with Crippen molar-refractivity contribution in [1.29, 1.82) is 0 Å². The smallest absolute Gasteiger partial charge is 0.263 e. The number of para-hydroxylation sites is 1. The molecule has 1 heterocycles. The number of benzene rings is 2. The van der Waals surface area contributed by atoms with Gasteiger partial charge in [0.05, 0.1) is 5.69 Å². The standard InChI is InChI=1S/C18H14FNO/c1-12(2)15-11-20(17-10-6-5-9-16(17)19)18(21)14-8-4-3-7-13(14)15/h3-11H,1H2,2H3. The van der Waals surface area contributed by atoms with Crippen LogP contribution in [-0.4, -0.2) is 4.57 Å². The largest absolute Gasteiger partial charge is 0.280 e. The van der Waals surface area contributed by atoms with E-state index in [9.17, 15) is 9.18 Å². The fraction of sp³-hybridized carbons (Fsp3) is 0.0556. The van der Waals surface area contributed by atoms with Crippen LogP contribution in [0.25, 0.3) is 22.0 Å². The molecule has 21 heavy (non-hydrogen) atoms. The van der Waals surface area contributed by atoms with Crippen LogP contribution < -0.4 is 5.56 Å². The molecule has 0 N–H and O–H groups in total. The third kappa shape index (κ3) is 2.17. The molecule has 0 saturated heterocycles. The van der Waals surface area contributed by atoms with Gasteiger partial charge < -0.3 is 0 Å². The number of nitrogens with zero attached hydrogens (tertiary/aromatic N) is 1. The first-order valence-corrected chi connectivity index (χ1v) is 6.65. The summed E-state index contributed by atoms with van der Waals surface area (Å²) in [5.74, 6) is -0.428. The Kier molecular flexibility index (Phi) is 3.18. The fourth-order valence-corrected chi connectivity index (χ4v) is 2.46. The maximum atomic E-state index is 14.0. The van der Waals surface area contributed by atoms with Gasteiger partial charge in [-0.15, -0.1) is 0 Å². The summed E-state index contributed by atoms with van der Waals surface area (Å²) in [5.41, 5.74) is 1.68. The Bertz CT molecular complexity index is 908. The van der Waals surface area contributed by atoms with Crippen molar-refractivity contribution in [2.24, 2.45) is 0 Å². The number of halogens is 1. The lowest BCUT2D eigenvalue weighted by Crippen LogP contribution is -2.19. The van der Waals surface area contributed by atoms with E-state index in [1.54, 1.807) is 36.5 Å². The summed E-state index contributed by atoms with van der Waals surface area (Å²) in [7, 11) is 0. The number of hydrogen-bond donors (Lipinski definition) is 0. The van der Waals surface area contributed by atoms with Gasteiger partial charge in [0, 0.05) is 17.1 Å². The fourth-order valence-electron chi connectivity index (χ4n) is 2.46. The Morgan fingerprint density at radius 2 is 1.67 bits per heavy atom. The first kappa shape index (κ1) is 13.3. The van der Waals surface area contributed by atoms with Gasteiger partial charge in [-0.1, -0.05) is 36.9 Å². The predicted molar refractivity (Wildman–Crippen MR) is 84.2 cm³/mol. The van der Waals surface area contributed by atoms with Crippen LogP contribution in [0.2, 0.25) is 0 Å². The molecule has 0 aliphatic carbocycles. The molecule has 0 fully saturated rings. The highest BCUT2D eigenvalue weighted by Gasteiger charge is 2.12. The molecule has 3 heteroatoms. The van der Waals surface area contributed by atoms with Crippen LogP contribution in [-0.2, 0) is 0 Å². The average Bonchev–Trinajstić information content (AvgIpc) is 2.48. The molecule has 0 unspecified atom stereocenters. The van der Waals surface area contributed by atoms with Crippen LogP contribution >= 0.6 is 0 Å². The van der Waals surface area contributed by atoms with E-state index in [4.69, 9.17) is 0 Å². The average molecular weight is 279 g/mol. The maximum absolute atomic E-state index is 14.0. The topological polar surface area (TPSA) is 22.0 Å². The van der Waals surface area contributed by atoms with Gasteiger partial charge in [-0.2, -0.15) is 0 Å². The van der Waals surface area contributed by atoms with Gasteiger partial charge in [0.2, 0.25) is 0 Å². The minimum Gasteiger partial charge on any atom is -0.280 e. The predicted octanol–water partition coefficient (Wildman–Crippen LogP) is 4.16. The zero-order valence-electron chi connectivity index (χ0n) is 11.6. The van der Waals surface area contributed by atoms with Gasteiger partial charge in [-0.05, 0) is 36.1 Å². The third-order valence-corrected chi connectivity index (χ3v) is 3.50. The lowest BCUT2D eigenvalue weighted by Gasteiger charge is -2.12. The monoisotopic (exact) mass is 279 g/mol. The molecular formula is C18H14FNO. The molecule has 0 aliphatic rings. The number of hydrogen-bond acceptors (Lipinski definition) is 1. The van der Waals surface area contributed by atoms with Crippen molar-refractivity contribution in [2.75, 3.05) is 0 Å². The molecule has 1 aromatic heterocycles. The molecule has 104 valence electrons. The second kappa shape index (κ2) is 5.02. The Balaban J connectivity index is 2.45. The van der Waals surface area contributed by atoms with Crippen molar-refractivity contribution >= 4 is 16.3 Å². The summed E-state index contributed by atoms with van der Waals surface area (Å²) in [6.45, 7) is 5.83. The molecule has 3 aromatic rings. The second-order valence-corrected chi connectivity index (χ2v) is 5.00. The second-order valence-electron chi connectivity index (χ2n) is 5.00. The third-order valence-electron chi connectivity index (χ3n) is 3.50. The lowest BCUT2D eigenvalue weighted by atomic mass is 10.0. The first-order valence-electron chi connectivity index (χ1n) is 6.65. The molecule has 0 bridgehead atoms. The molecule has 2 aromatic carbocycles. The number of pyridine rings is 1. The Hall–Kier alpha value is -2.68. The maximum Gasteiger partial charge on any atom is 0.263 e. The van der Waals surface area contributed by atoms with E-state index in [0.29, 0.717) is 5.39 Å². The van der Waals surface area contributed by atoms with Gasteiger partial charge in [0.1, 0.15) is 5.82 Å². The number of rotatable bonds is 2. The normalized spacial score (nSPS) is 10.8. The minimum atomic E-state index is -0.428. The molecule has 0 saturated carbocycles. The van der Waals surface area contributed by atoms with Gasteiger partial charge in [0.15, 0.2) is 0 Å². The Morgan fingerprint density at radius 3 is 2.33 bits per heavy atom. The van der Waals surface area contributed by atoms with E-state index in [0.717, 1.165) is 16.5 Å². The highest BCUT2D eigenvalue weighted by molar-refractivity contribution is 5.92. The van der Waals surface area contributed by atoms with Crippen LogP contribution in [0.4, 0.5) is 4.39 Å². The van der Waals surface area contributed by atoms with Crippen LogP contribution in [0.5, 0.6) is 0 Å². The molecule has 0 amide bonds. The summed E-state index contributed by atoms with van der Waals surface area (Å²) in [6, 6.07) is 13.6. The van der Waals surface area contributed by atoms with Crippen LogP contribution in [0, 0.1) is 5.82 Å². The van der Waals surface area contributed by atoms with E-state index in [-0.39, 0.29) is 11.2 Å². The van der Waals surface area contributed by atoms with Crippen LogP contribution in [0.1, 0.15) is 12.5 Å². The number of fused-ring (bicyclic) bond motifs is 1. The van der Waals surface area contributed by atoms with Crippen molar-refractivity contribution in [3.8, 4) is 5.69 Å². The summed E-state index contributed by atoms with van der Waals surface area (Å²) in [6.07, 6.45) is 1.66.